The van der Waals surface area contributed by atoms with Crippen molar-refractivity contribution in [3.8, 4) is 0 Å². The summed E-state index contributed by atoms with van der Waals surface area (Å²) in [4.78, 5) is 41.0. The first-order valence-corrected chi connectivity index (χ1v) is 14.0. The first kappa shape index (κ1) is 27.3. The van der Waals surface area contributed by atoms with Crippen molar-refractivity contribution in [1.82, 2.24) is 14.5 Å². The third-order valence-corrected chi connectivity index (χ3v) is 10.0. The molecule has 0 aliphatic heterocycles. The Kier molecular flexibility index (Phi) is 8.30. The van der Waals surface area contributed by atoms with E-state index < -0.39 is 50.1 Å². The maximum Gasteiger partial charge on any atom is 0.262 e. The van der Waals surface area contributed by atoms with Gasteiger partial charge in [-0.25, -0.2) is 12.7 Å². The van der Waals surface area contributed by atoms with Gasteiger partial charge in [0.05, 0.1) is 11.3 Å². The van der Waals surface area contributed by atoms with E-state index in [1.807, 2.05) is 27.7 Å². The van der Waals surface area contributed by atoms with Gasteiger partial charge in [-0.1, -0.05) is 50.3 Å². The topological polar surface area (TPSA) is 130 Å². The zero-order chi connectivity index (χ0) is 24.6. The summed E-state index contributed by atoms with van der Waals surface area (Å²) in [6, 6.07) is -1.63. The number of alkyl halides is 1. The summed E-state index contributed by atoms with van der Waals surface area (Å²) in [6.45, 7) is 11.1. The van der Waals surface area contributed by atoms with E-state index in [0.717, 1.165) is 4.31 Å². The van der Waals surface area contributed by atoms with Gasteiger partial charge in [-0.2, -0.15) is 0 Å². The predicted octanol–water partition coefficient (Wildman–Crippen LogP) is 1.39. The average molecular weight is 585 g/mol. The van der Waals surface area contributed by atoms with Crippen molar-refractivity contribution < 1.29 is 22.8 Å². The van der Waals surface area contributed by atoms with E-state index in [9.17, 15) is 22.8 Å². The van der Waals surface area contributed by atoms with Crippen LogP contribution in [0.25, 0.3) is 0 Å². The molecule has 32 heavy (non-hydrogen) atoms. The Hall–Kier alpha value is -0.950. The molecule has 2 rings (SSSR count). The fourth-order valence-electron chi connectivity index (χ4n) is 3.59. The van der Waals surface area contributed by atoms with Crippen molar-refractivity contribution in [2.24, 2.45) is 11.1 Å². The first-order valence-electron chi connectivity index (χ1n) is 11.2. The molecule has 11 heteroatoms. The van der Waals surface area contributed by atoms with E-state index in [4.69, 9.17) is 5.73 Å². The summed E-state index contributed by atoms with van der Waals surface area (Å²) in [7, 11) is -3.72. The standard InChI is InChI=1S/C21H37IN4O5S/c1-7-11-25(18(28)16(23)20(4,5)6)13(3)17(27)24-21(12-15(21)22)19(29)26(8-2)32(30,31)14-9-10-14/h13-16H,7-12,23H2,1-6H3,(H,24,27)/t13-,15?,16+,21+/m0/s1. The lowest BCUT2D eigenvalue weighted by atomic mass is 9.86. The second-order valence-corrected chi connectivity index (χ2v) is 13.5. The highest BCUT2D eigenvalue weighted by atomic mass is 127. The summed E-state index contributed by atoms with van der Waals surface area (Å²) in [6.07, 6.45) is 2.10. The summed E-state index contributed by atoms with van der Waals surface area (Å²) >= 11 is 2.06. The van der Waals surface area contributed by atoms with Gasteiger partial charge in [0, 0.05) is 17.0 Å². The fraction of sp³-hybridized carbons (Fsp3) is 0.857. The Morgan fingerprint density at radius 3 is 2.12 bits per heavy atom. The number of hydrogen-bond donors (Lipinski definition) is 2. The van der Waals surface area contributed by atoms with Gasteiger partial charge in [0.2, 0.25) is 21.8 Å². The second kappa shape index (κ2) is 9.73. The molecule has 2 aliphatic rings. The molecule has 0 heterocycles. The van der Waals surface area contributed by atoms with Gasteiger partial charge >= 0.3 is 0 Å². The Bertz CT molecular complexity index is 855. The second-order valence-electron chi connectivity index (χ2n) is 9.90. The lowest BCUT2D eigenvalue weighted by Crippen LogP contribution is -2.60. The van der Waals surface area contributed by atoms with Gasteiger partial charge in [0.25, 0.3) is 5.91 Å². The van der Waals surface area contributed by atoms with Crippen molar-refractivity contribution in [2.45, 2.75) is 94.0 Å². The smallest absolute Gasteiger partial charge is 0.262 e. The largest absolute Gasteiger partial charge is 0.339 e. The molecule has 0 bridgehead atoms. The quantitative estimate of drug-likeness (QED) is 0.295. The number of sulfonamides is 1. The normalized spacial score (nSPS) is 24.9. The van der Waals surface area contributed by atoms with Gasteiger partial charge in [-0.05, 0) is 44.9 Å². The number of likely N-dealkylation sites (N-methyl/N-ethyl adjacent to an activating group) is 1. The molecule has 4 atom stereocenters. The number of nitrogens with one attached hydrogen (secondary N) is 1. The number of nitrogens with two attached hydrogens (primary N) is 1. The fourth-order valence-corrected chi connectivity index (χ4v) is 6.55. The Balaban J connectivity index is 2.22. The average Bonchev–Trinajstić information content (AvgIpc) is 3.61. The van der Waals surface area contributed by atoms with E-state index in [1.54, 1.807) is 13.8 Å². The molecule has 0 spiro atoms. The minimum atomic E-state index is -3.72. The van der Waals surface area contributed by atoms with Crippen molar-refractivity contribution in [3.63, 3.8) is 0 Å². The molecule has 9 nitrogen and oxygen atoms in total. The maximum absolute atomic E-state index is 13.3. The minimum Gasteiger partial charge on any atom is -0.339 e. The number of nitrogens with zero attached hydrogens (tertiary/aromatic N) is 2. The van der Waals surface area contributed by atoms with Gasteiger partial charge < -0.3 is 16.0 Å². The molecule has 3 N–H and O–H groups in total. The van der Waals surface area contributed by atoms with Gasteiger partial charge in [0.1, 0.15) is 11.6 Å². The van der Waals surface area contributed by atoms with Crippen molar-refractivity contribution in [3.05, 3.63) is 0 Å². The molecule has 0 aromatic rings. The van der Waals surface area contributed by atoms with E-state index in [0.29, 0.717) is 32.2 Å². The van der Waals surface area contributed by atoms with Crippen LogP contribution in [0, 0.1) is 5.41 Å². The Morgan fingerprint density at radius 1 is 1.22 bits per heavy atom. The van der Waals surface area contributed by atoms with Crippen LogP contribution in [0.3, 0.4) is 0 Å². The molecular weight excluding hydrogens is 547 g/mol. The van der Waals surface area contributed by atoms with E-state index in [1.165, 1.54) is 4.90 Å². The number of halogens is 1. The summed E-state index contributed by atoms with van der Waals surface area (Å²) in [5, 5.41) is 2.28. The zero-order valence-corrected chi connectivity index (χ0v) is 22.8. The molecule has 184 valence electrons. The van der Waals surface area contributed by atoms with Crippen molar-refractivity contribution >= 4 is 50.3 Å². The van der Waals surface area contributed by atoms with Crippen LogP contribution in [0.4, 0.5) is 0 Å². The van der Waals surface area contributed by atoms with E-state index in [2.05, 4.69) is 27.9 Å². The van der Waals surface area contributed by atoms with Crippen molar-refractivity contribution in [1.29, 1.82) is 0 Å². The molecule has 3 amide bonds. The molecule has 2 fully saturated rings. The Labute approximate surface area is 205 Å². The summed E-state index contributed by atoms with van der Waals surface area (Å²) in [5.41, 5.74) is 4.42. The van der Waals surface area contributed by atoms with Gasteiger partial charge in [-0.3, -0.25) is 14.4 Å². The molecule has 0 radical (unpaired) electrons. The van der Waals surface area contributed by atoms with Crippen LogP contribution in [-0.2, 0) is 24.4 Å². The number of amides is 3. The minimum absolute atomic E-state index is 0.0229. The SMILES string of the molecule is CCCN(C(=O)[C@@H](N)C(C)(C)C)[C@@H](C)C(=O)N[C@]1(C(=O)N(CC)S(=O)(=O)C2CC2)CC1I. The van der Waals surface area contributed by atoms with Crippen LogP contribution in [0.5, 0.6) is 0 Å². The highest BCUT2D eigenvalue weighted by molar-refractivity contribution is 14.1. The van der Waals surface area contributed by atoms with Crippen LogP contribution < -0.4 is 11.1 Å². The molecule has 0 saturated heterocycles. The molecular formula is C21H37IN4O5S. The molecule has 2 aliphatic carbocycles. The third kappa shape index (κ3) is 5.40. The molecule has 0 aromatic carbocycles. The van der Waals surface area contributed by atoms with Crippen molar-refractivity contribution in [2.75, 3.05) is 13.1 Å². The molecule has 2 saturated carbocycles. The first-order chi connectivity index (χ1) is 14.6. The number of rotatable bonds is 10. The number of carbonyl (C=O) groups is 3. The summed E-state index contributed by atoms with van der Waals surface area (Å²) < 4.78 is 26.2. The van der Waals surface area contributed by atoms with E-state index >= 15 is 0 Å². The van der Waals surface area contributed by atoms with Crippen LogP contribution in [0.1, 0.15) is 67.2 Å². The highest BCUT2D eigenvalue weighted by Crippen LogP contribution is 2.46. The maximum atomic E-state index is 13.3. The number of hydrogen-bond acceptors (Lipinski definition) is 6. The Morgan fingerprint density at radius 2 is 1.75 bits per heavy atom. The monoisotopic (exact) mass is 584 g/mol. The molecule has 1 unspecified atom stereocenters. The van der Waals surface area contributed by atoms with Crippen LogP contribution in [0.15, 0.2) is 0 Å². The van der Waals surface area contributed by atoms with Gasteiger partial charge in [0.15, 0.2) is 0 Å². The lowest BCUT2D eigenvalue weighted by Gasteiger charge is -2.35. The van der Waals surface area contributed by atoms with E-state index in [-0.39, 0.29) is 16.4 Å². The zero-order valence-electron chi connectivity index (χ0n) is 19.9. The lowest BCUT2D eigenvalue weighted by molar-refractivity contribution is -0.144. The highest BCUT2D eigenvalue weighted by Gasteiger charge is 2.63. The predicted molar refractivity (Wildman–Crippen MR) is 132 cm³/mol. The van der Waals surface area contributed by atoms with Gasteiger partial charge in [-0.15, -0.1) is 0 Å². The van der Waals surface area contributed by atoms with Crippen LogP contribution >= 0.6 is 22.6 Å². The van der Waals surface area contributed by atoms with Crippen LogP contribution in [-0.4, -0.2) is 75.2 Å². The van der Waals surface area contributed by atoms with Crippen LogP contribution in [0.2, 0.25) is 0 Å². The molecule has 0 aromatic heterocycles. The third-order valence-electron chi connectivity index (χ3n) is 6.16. The summed E-state index contributed by atoms with van der Waals surface area (Å²) in [5.74, 6) is -1.40. The number of carbonyl (C=O) groups excluding carboxylic acids is 3.